The number of nitrogens with zero attached hydrogens (tertiary/aromatic N) is 1. The number of halogens is 1. The lowest BCUT2D eigenvalue weighted by Crippen LogP contribution is -2.47. The Balaban J connectivity index is 1.84. The zero-order valence-electron chi connectivity index (χ0n) is 10.6. The van der Waals surface area contributed by atoms with Crippen molar-refractivity contribution in [3.8, 4) is 0 Å². The lowest BCUT2D eigenvalue weighted by Gasteiger charge is -2.34. The fourth-order valence-corrected chi connectivity index (χ4v) is 2.53. The third-order valence-electron chi connectivity index (χ3n) is 3.62. The van der Waals surface area contributed by atoms with Gasteiger partial charge in [-0.25, -0.2) is 0 Å². The average molecular weight is 253 g/mol. The Hall–Kier alpha value is -0.570. The Kier molecular flexibility index (Phi) is 4.43. The van der Waals surface area contributed by atoms with E-state index in [1.165, 1.54) is 18.7 Å². The molecule has 1 aliphatic heterocycles. The molecule has 94 valence electrons. The summed E-state index contributed by atoms with van der Waals surface area (Å²) in [5.74, 6) is 1.60. The molecule has 0 aliphatic carbocycles. The van der Waals surface area contributed by atoms with Gasteiger partial charge in [-0.2, -0.15) is 0 Å². The van der Waals surface area contributed by atoms with Gasteiger partial charge in [0.05, 0.1) is 0 Å². The molecule has 1 aromatic carbocycles. The molecular weight excluding hydrogens is 232 g/mol. The van der Waals surface area contributed by atoms with Gasteiger partial charge in [0.25, 0.3) is 0 Å². The van der Waals surface area contributed by atoms with E-state index < -0.39 is 0 Å². The number of benzene rings is 1. The van der Waals surface area contributed by atoms with Gasteiger partial charge in [0.2, 0.25) is 0 Å². The van der Waals surface area contributed by atoms with E-state index in [0.29, 0.717) is 0 Å². The molecular formula is C14H21ClN2. The van der Waals surface area contributed by atoms with Crippen LogP contribution in [0.3, 0.4) is 0 Å². The number of rotatable bonds is 5. The lowest BCUT2D eigenvalue weighted by atomic mass is 9.88. The summed E-state index contributed by atoms with van der Waals surface area (Å²) in [6, 6.07) is 8.10. The van der Waals surface area contributed by atoms with Crippen molar-refractivity contribution in [1.82, 2.24) is 10.2 Å². The van der Waals surface area contributed by atoms with Crippen molar-refractivity contribution in [3.63, 3.8) is 0 Å². The molecule has 2 nitrogen and oxygen atoms in total. The summed E-state index contributed by atoms with van der Waals surface area (Å²) in [6.45, 7) is 6.78. The first-order chi connectivity index (χ1) is 8.16. The Morgan fingerprint density at radius 3 is 2.71 bits per heavy atom. The first-order valence-corrected chi connectivity index (χ1v) is 6.67. The second kappa shape index (κ2) is 5.85. The smallest absolute Gasteiger partial charge is 0.0451 e. The molecule has 0 aromatic heterocycles. The maximum Gasteiger partial charge on any atom is 0.0451 e. The third kappa shape index (κ3) is 3.44. The van der Waals surface area contributed by atoms with Crippen LogP contribution in [0.2, 0.25) is 5.02 Å². The summed E-state index contributed by atoms with van der Waals surface area (Å²) in [6.07, 6.45) is 0. The molecule has 0 amide bonds. The van der Waals surface area contributed by atoms with Gasteiger partial charge in [-0.3, -0.25) is 0 Å². The largest absolute Gasteiger partial charge is 0.316 e. The van der Waals surface area contributed by atoms with E-state index in [2.05, 4.69) is 30.3 Å². The molecule has 1 aromatic rings. The molecule has 17 heavy (non-hydrogen) atoms. The van der Waals surface area contributed by atoms with Crippen LogP contribution in [0.25, 0.3) is 0 Å². The monoisotopic (exact) mass is 252 g/mol. The van der Waals surface area contributed by atoms with Gasteiger partial charge in [-0.05, 0) is 43.6 Å². The Morgan fingerprint density at radius 2 is 2.12 bits per heavy atom. The standard InChI is InChI=1S/C14H21ClN2/c1-11(13-7-16-8-13)9-17(2)10-12-5-3-4-6-14(12)15/h3-6,11,13,16H,7-10H2,1-2H3. The van der Waals surface area contributed by atoms with Crippen LogP contribution >= 0.6 is 11.6 Å². The minimum absolute atomic E-state index is 0.753. The van der Waals surface area contributed by atoms with Crippen LogP contribution in [-0.4, -0.2) is 31.6 Å². The van der Waals surface area contributed by atoms with Gasteiger partial charge in [0.1, 0.15) is 0 Å². The lowest BCUT2D eigenvalue weighted by molar-refractivity contribution is 0.182. The van der Waals surface area contributed by atoms with Gasteiger partial charge in [-0.15, -0.1) is 0 Å². The molecule has 1 aliphatic rings. The van der Waals surface area contributed by atoms with Crippen LogP contribution in [0.5, 0.6) is 0 Å². The molecule has 0 radical (unpaired) electrons. The van der Waals surface area contributed by atoms with Gasteiger partial charge in [0, 0.05) is 18.1 Å². The van der Waals surface area contributed by atoms with Crippen molar-refractivity contribution in [2.45, 2.75) is 13.5 Å². The highest BCUT2D eigenvalue weighted by Crippen LogP contribution is 2.20. The van der Waals surface area contributed by atoms with Gasteiger partial charge < -0.3 is 10.2 Å². The summed E-state index contributed by atoms with van der Waals surface area (Å²) in [5.41, 5.74) is 1.22. The highest BCUT2D eigenvalue weighted by molar-refractivity contribution is 6.31. The Morgan fingerprint density at radius 1 is 1.41 bits per heavy atom. The van der Waals surface area contributed by atoms with E-state index in [0.717, 1.165) is 29.9 Å². The van der Waals surface area contributed by atoms with Crippen molar-refractivity contribution in [3.05, 3.63) is 34.9 Å². The SMILES string of the molecule is CC(CN(C)Cc1ccccc1Cl)C1CNC1. The predicted molar refractivity (Wildman–Crippen MR) is 73.3 cm³/mol. The number of nitrogens with one attached hydrogen (secondary N) is 1. The molecule has 1 atom stereocenters. The average Bonchev–Trinajstić information content (AvgIpc) is 2.18. The van der Waals surface area contributed by atoms with E-state index in [4.69, 9.17) is 11.6 Å². The van der Waals surface area contributed by atoms with Gasteiger partial charge in [-0.1, -0.05) is 36.7 Å². The third-order valence-corrected chi connectivity index (χ3v) is 3.98. The zero-order chi connectivity index (χ0) is 12.3. The number of hydrogen-bond acceptors (Lipinski definition) is 2. The fraction of sp³-hybridized carbons (Fsp3) is 0.571. The number of hydrogen-bond donors (Lipinski definition) is 1. The molecule has 1 unspecified atom stereocenters. The fourth-order valence-electron chi connectivity index (χ4n) is 2.34. The maximum atomic E-state index is 6.17. The predicted octanol–water partition coefficient (Wildman–Crippen LogP) is 2.63. The van der Waals surface area contributed by atoms with Crippen molar-refractivity contribution < 1.29 is 0 Å². The molecule has 0 saturated carbocycles. The molecule has 3 heteroatoms. The van der Waals surface area contributed by atoms with E-state index in [1.807, 2.05) is 18.2 Å². The van der Waals surface area contributed by atoms with Crippen LogP contribution < -0.4 is 5.32 Å². The second-order valence-electron chi connectivity index (χ2n) is 5.18. The molecule has 1 heterocycles. The molecule has 1 saturated heterocycles. The Bertz CT molecular complexity index is 363. The molecule has 1 N–H and O–H groups in total. The van der Waals surface area contributed by atoms with Crippen molar-refractivity contribution in [2.24, 2.45) is 11.8 Å². The van der Waals surface area contributed by atoms with Gasteiger partial charge in [0.15, 0.2) is 0 Å². The minimum atomic E-state index is 0.753. The van der Waals surface area contributed by atoms with Crippen LogP contribution in [0.1, 0.15) is 12.5 Å². The van der Waals surface area contributed by atoms with E-state index in [-0.39, 0.29) is 0 Å². The molecule has 0 bridgehead atoms. The van der Waals surface area contributed by atoms with E-state index in [9.17, 15) is 0 Å². The van der Waals surface area contributed by atoms with Crippen LogP contribution in [0.15, 0.2) is 24.3 Å². The summed E-state index contributed by atoms with van der Waals surface area (Å²) < 4.78 is 0. The Labute approximate surface area is 109 Å². The summed E-state index contributed by atoms with van der Waals surface area (Å²) in [7, 11) is 2.17. The van der Waals surface area contributed by atoms with Crippen LogP contribution in [0, 0.1) is 11.8 Å². The van der Waals surface area contributed by atoms with Crippen molar-refractivity contribution in [1.29, 1.82) is 0 Å². The maximum absolute atomic E-state index is 6.17. The zero-order valence-corrected chi connectivity index (χ0v) is 11.4. The molecule has 2 rings (SSSR count). The van der Waals surface area contributed by atoms with Gasteiger partial charge >= 0.3 is 0 Å². The van der Waals surface area contributed by atoms with E-state index in [1.54, 1.807) is 0 Å². The van der Waals surface area contributed by atoms with Crippen molar-refractivity contribution in [2.75, 3.05) is 26.7 Å². The highest BCUT2D eigenvalue weighted by Gasteiger charge is 2.24. The summed E-state index contributed by atoms with van der Waals surface area (Å²) >= 11 is 6.17. The first kappa shape index (κ1) is 12.9. The summed E-state index contributed by atoms with van der Waals surface area (Å²) in [5, 5.41) is 4.21. The van der Waals surface area contributed by atoms with Crippen LogP contribution in [0.4, 0.5) is 0 Å². The summed E-state index contributed by atoms with van der Waals surface area (Å²) in [4.78, 5) is 2.37. The first-order valence-electron chi connectivity index (χ1n) is 6.29. The normalized spacial score (nSPS) is 18.1. The van der Waals surface area contributed by atoms with Crippen molar-refractivity contribution >= 4 is 11.6 Å². The van der Waals surface area contributed by atoms with Crippen LogP contribution in [-0.2, 0) is 6.54 Å². The topological polar surface area (TPSA) is 15.3 Å². The second-order valence-corrected chi connectivity index (χ2v) is 5.59. The minimum Gasteiger partial charge on any atom is -0.316 e. The quantitative estimate of drug-likeness (QED) is 0.867. The highest BCUT2D eigenvalue weighted by atomic mass is 35.5. The molecule has 0 spiro atoms. The molecule has 1 fully saturated rings. The van der Waals surface area contributed by atoms with E-state index >= 15 is 0 Å².